The molecule has 1 saturated heterocycles. The van der Waals surface area contributed by atoms with Gasteiger partial charge in [-0.2, -0.15) is 0 Å². The lowest BCUT2D eigenvalue weighted by Gasteiger charge is -2.11. The smallest absolute Gasteiger partial charge is 0.251 e. The van der Waals surface area contributed by atoms with Crippen LogP contribution in [-0.2, 0) is 9.53 Å². The first kappa shape index (κ1) is 14.5. The van der Waals surface area contributed by atoms with E-state index >= 15 is 0 Å². The molecule has 1 atom stereocenters. The Balaban J connectivity index is 1.91. The lowest BCUT2D eigenvalue weighted by molar-refractivity contribution is -0.115. The highest BCUT2D eigenvalue weighted by Gasteiger charge is 2.16. The van der Waals surface area contributed by atoms with E-state index in [1.54, 1.807) is 31.2 Å². The molecule has 20 heavy (non-hydrogen) atoms. The van der Waals surface area contributed by atoms with E-state index < -0.39 is 0 Å². The molecule has 1 heterocycles. The quantitative estimate of drug-likeness (QED) is 0.863. The van der Waals surface area contributed by atoms with Crippen LogP contribution in [0.15, 0.2) is 24.3 Å². The summed E-state index contributed by atoms with van der Waals surface area (Å²) >= 11 is 0. The third-order valence-electron chi connectivity index (χ3n) is 3.24. The summed E-state index contributed by atoms with van der Waals surface area (Å²) in [6, 6.07) is 6.93. The summed E-state index contributed by atoms with van der Waals surface area (Å²) in [6.45, 7) is 3.09. The van der Waals surface area contributed by atoms with Gasteiger partial charge in [0.2, 0.25) is 5.91 Å². The third-order valence-corrected chi connectivity index (χ3v) is 3.24. The van der Waals surface area contributed by atoms with Gasteiger partial charge in [0.25, 0.3) is 5.91 Å². The van der Waals surface area contributed by atoms with Crippen LogP contribution in [0.25, 0.3) is 0 Å². The van der Waals surface area contributed by atoms with E-state index in [4.69, 9.17) is 4.74 Å². The number of carbonyl (C=O) groups excluding carboxylic acids is 2. The van der Waals surface area contributed by atoms with Crippen molar-refractivity contribution in [3.8, 4) is 0 Å². The molecular formula is C15H20N2O3. The molecule has 1 aliphatic heterocycles. The molecule has 2 amide bonds. The molecule has 5 nitrogen and oxygen atoms in total. The molecule has 1 aromatic carbocycles. The Hall–Kier alpha value is -1.88. The van der Waals surface area contributed by atoms with Crippen molar-refractivity contribution in [3.63, 3.8) is 0 Å². The molecule has 0 aliphatic carbocycles. The fourth-order valence-electron chi connectivity index (χ4n) is 2.10. The van der Waals surface area contributed by atoms with Crippen LogP contribution in [0.3, 0.4) is 0 Å². The van der Waals surface area contributed by atoms with Crippen LogP contribution in [0, 0.1) is 0 Å². The zero-order valence-corrected chi connectivity index (χ0v) is 11.6. The fraction of sp³-hybridized carbons (Fsp3) is 0.467. The van der Waals surface area contributed by atoms with Gasteiger partial charge in [-0.05, 0) is 31.0 Å². The van der Waals surface area contributed by atoms with E-state index in [0.29, 0.717) is 24.2 Å². The zero-order valence-electron chi connectivity index (χ0n) is 11.6. The highest BCUT2D eigenvalue weighted by Crippen LogP contribution is 2.13. The Kier molecular flexibility index (Phi) is 5.12. The predicted octanol–water partition coefficient (Wildman–Crippen LogP) is 1.94. The van der Waals surface area contributed by atoms with E-state index in [-0.39, 0.29) is 17.9 Å². The van der Waals surface area contributed by atoms with Crippen LogP contribution in [-0.4, -0.2) is 31.1 Å². The number of ether oxygens (including phenoxy) is 1. The van der Waals surface area contributed by atoms with Gasteiger partial charge in [-0.25, -0.2) is 0 Å². The normalized spacial score (nSPS) is 17.8. The molecule has 1 fully saturated rings. The van der Waals surface area contributed by atoms with Crippen molar-refractivity contribution >= 4 is 17.5 Å². The van der Waals surface area contributed by atoms with Gasteiger partial charge in [-0.1, -0.05) is 13.0 Å². The molecule has 2 N–H and O–H groups in total. The predicted molar refractivity (Wildman–Crippen MR) is 76.7 cm³/mol. The Morgan fingerprint density at radius 1 is 1.40 bits per heavy atom. The lowest BCUT2D eigenvalue weighted by Crippen LogP contribution is -2.31. The fourth-order valence-corrected chi connectivity index (χ4v) is 2.10. The van der Waals surface area contributed by atoms with Crippen LogP contribution >= 0.6 is 0 Å². The van der Waals surface area contributed by atoms with E-state index in [0.717, 1.165) is 19.4 Å². The topological polar surface area (TPSA) is 67.4 Å². The van der Waals surface area contributed by atoms with Gasteiger partial charge in [0, 0.05) is 30.8 Å². The second-order valence-electron chi connectivity index (χ2n) is 4.83. The van der Waals surface area contributed by atoms with Gasteiger partial charge < -0.3 is 15.4 Å². The molecule has 0 saturated carbocycles. The minimum absolute atomic E-state index is 0.0677. The third kappa shape index (κ3) is 4.06. The van der Waals surface area contributed by atoms with Crippen molar-refractivity contribution in [1.29, 1.82) is 0 Å². The summed E-state index contributed by atoms with van der Waals surface area (Å²) in [6.07, 6.45) is 2.59. The van der Waals surface area contributed by atoms with E-state index in [1.165, 1.54) is 0 Å². The van der Waals surface area contributed by atoms with Crippen molar-refractivity contribution in [2.75, 3.05) is 18.5 Å². The van der Waals surface area contributed by atoms with Crippen LogP contribution < -0.4 is 10.6 Å². The molecule has 1 unspecified atom stereocenters. The molecule has 1 aliphatic rings. The number of benzene rings is 1. The van der Waals surface area contributed by atoms with Crippen molar-refractivity contribution in [2.45, 2.75) is 32.3 Å². The summed E-state index contributed by atoms with van der Waals surface area (Å²) in [5.41, 5.74) is 1.18. The lowest BCUT2D eigenvalue weighted by atomic mass is 10.1. The molecule has 1 aromatic rings. The molecule has 5 heteroatoms. The minimum atomic E-state index is -0.145. The molecule has 2 rings (SSSR count). The van der Waals surface area contributed by atoms with Crippen LogP contribution in [0.4, 0.5) is 5.69 Å². The average molecular weight is 276 g/mol. The SMILES string of the molecule is CCC(=O)Nc1cccc(C(=O)NCC2CCCO2)c1. The average Bonchev–Trinajstić information content (AvgIpc) is 2.98. The minimum Gasteiger partial charge on any atom is -0.376 e. The standard InChI is InChI=1S/C15H20N2O3/c1-2-14(18)17-12-6-3-5-11(9-12)15(19)16-10-13-7-4-8-20-13/h3,5-6,9,13H,2,4,7-8,10H2,1H3,(H,16,19)(H,17,18). The van der Waals surface area contributed by atoms with Gasteiger partial charge in [0.1, 0.15) is 0 Å². The maximum atomic E-state index is 12.0. The summed E-state index contributed by atoms with van der Waals surface area (Å²) in [4.78, 5) is 23.4. The summed E-state index contributed by atoms with van der Waals surface area (Å²) in [5, 5.41) is 5.60. The largest absolute Gasteiger partial charge is 0.376 e. The molecule has 108 valence electrons. The second-order valence-corrected chi connectivity index (χ2v) is 4.83. The highest BCUT2D eigenvalue weighted by molar-refractivity contribution is 5.97. The van der Waals surface area contributed by atoms with Gasteiger partial charge in [0.05, 0.1) is 6.10 Å². The van der Waals surface area contributed by atoms with Crippen LogP contribution in [0.5, 0.6) is 0 Å². The van der Waals surface area contributed by atoms with Gasteiger partial charge in [-0.15, -0.1) is 0 Å². The van der Waals surface area contributed by atoms with Crippen LogP contribution in [0.2, 0.25) is 0 Å². The number of rotatable bonds is 5. The van der Waals surface area contributed by atoms with Gasteiger partial charge in [0.15, 0.2) is 0 Å². The number of amides is 2. The van der Waals surface area contributed by atoms with Gasteiger partial charge in [-0.3, -0.25) is 9.59 Å². The molecular weight excluding hydrogens is 256 g/mol. The maximum absolute atomic E-state index is 12.0. The number of hydrogen-bond donors (Lipinski definition) is 2. The first-order valence-corrected chi connectivity index (χ1v) is 6.98. The molecule has 0 aromatic heterocycles. The zero-order chi connectivity index (χ0) is 14.4. The molecule has 0 spiro atoms. The van der Waals surface area contributed by atoms with Crippen molar-refractivity contribution in [3.05, 3.63) is 29.8 Å². The highest BCUT2D eigenvalue weighted by atomic mass is 16.5. The second kappa shape index (κ2) is 7.05. The summed E-state index contributed by atoms with van der Waals surface area (Å²) in [7, 11) is 0. The Labute approximate surface area is 118 Å². The summed E-state index contributed by atoms with van der Waals surface area (Å²) < 4.78 is 5.46. The first-order chi connectivity index (χ1) is 9.69. The van der Waals surface area contributed by atoms with Gasteiger partial charge >= 0.3 is 0 Å². The van der Waals surface area contributed by atoms with Crippen molar-refractivity contribution < 1.29 is 14.3 Å². The Bertz CT molecular complexity index is 482. The maximum Gasteiger partial charge on any atom is 0.251 e. The molecule has 0 bridgehead atoms. The monoisotopic (exact) mass is 276 g/mol. The van der Waals surface area contributed by atoms with Crippen LogP contribution in [0.1, 0.15) is 36.5 Å². The van der Waals surface area contributed by atoms with E-state index in [9.17, 15) is 9.59 Å². The van der Waals surface area contributed by atoms with E-state index in [1.807, 2.05) is 0 Å². The first-order valence-electron chi connectivity index (χ1n) is 6.98. The number of hydrogen-bond acceptors (Lipinski definition) is 3. The van der Waals surface area contributed by atoms with Crippen molar-refractivity contribution in [1.82, 2.24) is 5.32 Å². The number of anilines is 1. The number of nitrogens with one attached hydrogen (secondary N) is 2. The summed E-state index contributed by atoms with van der Waals surface area (Å²) in [5.74, 6) is -0.213. The Morgan fingerprint density at radius 3 is 2.95 bits per heavy atom. The Morgan fingerprint density at radius 2 is 2.25 bits per heavy atom. The number of carbonyl (C=O) groups is 2. The molecule has 0 radical (unpaired) electrons. The van der Waals surface area contributed by atoms with Crippen molar-refractivity contribution in [2.24, 2.45) is 0 Å². The van der Waals surface area contributed by atoms with E-state index in [2.05, 4.69) is 10.6 Å².